The van der Waals surface area contributed by atoms with Crippen LogP contribution >= 0.6 is 22.9 Å². The number of hydrogen-bond acceptors (Lipinski definition) is 5. The Hall–Kier alpha value is -3.55. The number of piperidine rings is 1. The van der Waals surface area contributed by atoms with Gasteiger partial charge in [0.15, 0.2) is 5.65 Å². The van der Waals surface area contributed by atoms with Crippen molar-refractivity contribution in [2.75, 3.05) is 13.1 Å². The summed E-state index contributed by atoms with van der Waals surface area (Å²) in [5, 5.41) is 6.33. The van der Waals surface area contributed by atoms with Gasteiger partial charge in [0.2, 0.25) is 0 Å². The van der Waals surface area contributed by atoms with Crippen molar-refractivity contribution in [2.45, 2.75) is 39.5 Å². The Balaban J connectivity index is 1.25. The van der Waals surface area contributed by atoms with E-state index >= 15 is 0 Å². The zero-order valence-electron chi connectivity index (χ0n) is 21.6. The number of likely N-dealkylation sites (tertiary alicyclic amines) is 1. The maximum atomic E-state index is 13.4. The van der Waals surface area contributed by atoms with E-state index < -0.39 is 0 Å². The summed E-state index contributed by atoms with van der Waals surface area (Å²) in [6.07, 6.45) is 3.44. The standard InChI is InChI=1S/C30H28ClN5OS/c1-18-4-6-22(7-5-18)28-27(21-8-10-24(31)11-9-21)33-29(38-28)23-12-14-35(15-13-23)30(37)25-17-32-26-16-19(2)34-36(26)20(25)3/h4-11,16-17,23H,12-15H2,1-3H3. The lowest BCUT2D eigenvalue weighted by Crippen LogP contribution is -2.38. The zero-order chi connectivity index (χ0) is 26.4. The first kappa shape index (κ1) is 24.8. The molecule has 0 saturated carbocycles. The monoisotopic (exact) mass is 541 g/mol. The highest BCUT2D eigenvalue weighted by Gasteiger charge is 2.29. The third kappa shape index (κ3) is 4.61. The van der Waals surface area contributed by atoms with Crippen molar-refractivity contribution in [3.63, 3.8) is 0 Å². The van der Waals surface area contributed by atoms with Crippen molar-refractivity contribution < 1.29 is 4.79 Å². The van der Waals surface area contributed by atoms with Gasteiger partial charge >= 0.3 is 0 Å². The minimum atomic E-state index is 0.0184. The van der Waals surface area contributed by atoms with Crippen LogP contribution in [0, 0.1) is 20.8 Å². The summed E-state index contributed by atoms with van der Waals surface area (Å²) < 4.78 is 1.76. The van der Waals surface area contributed by atoms with Crippen molar-refractivity contribution >= 4 is 34.5 Å². The van der Waals surface area contributed by atoms with E-state index in [1.54, 1.807) is 22.0 Å². The molecule has 6 nitrogen and oxygen atoms in total. The van der Waals surface area contributed by atoms with Gasteiger partial charge < -0.3 is 4.90 Å². The fourth-order valence-corrected chi connectivity index (χ4v) is 6.48. The average Bonchev–Trinajstić information content (AvgIpc) is 3.54. The first-order valence-corrected chi connectivity index (χ1v) is 14.0. The molecule has 8 heteroatoms. The van der Waals surface area contributed by atoms with Gasteiger partial charge in [-0.15, -0.1) is 11.3 Å². The lowest BCUT2D eigenvalue weighted by Gasteiger charge is -2.31. The highest BCUT2D eigenvalue weighted by molar-refractivity contribution is 7.15. The van der Waals surface area contributed by atoms with E-state index in [2.05, 4.69) is 41.3 Å². The molecule has 6 rings (SSSR count). The number of benzene rings is 2. The number of halogens is 1. The second kappa shape index (κ2) is 9.97. The molecule has 38 heavy (non-hydrogen) atoms. The molecule has 0 spiro atoms. The van der Waals surface area contributed by atoms with Crippen LogP contribution < -0.4 is 0 Å². The summed E-state index contributed by atoms with van der Waals surface area (Å²) in [4.78, 5) is 26.2. The smallest absolute Gasteiger partial charge is 0.257 e. The average molecular weight is 542 g/mol. The number of nitrogens with zero attached hydrogens (tertiary/aromatic N) is 5. The highest BCUT2D eigenvalue weighted by atomic mass is 35.5. The third-order valence-corrected chi connectivity index (χ3v) is 8.80. The van der Waals surface area contributed by atoms with Crippen LogP contribution in [0.1, 0.15) is 51.1 Å². The molecule has 0 N–H and O–H groups in total. The van der Waals surface area contributed by atoms with Gasteiger partial charge in [-0.2, -0.15) is 5.10 Å². The number of aromatic nitrogens is 4. The molecule has 4 heterocycles. The third-order valence-electron chi connectivity index (χ3n) is 7.28. The Morgan fingerprint density at radius 3 is 2.37 bits per heavy atom. The number of thiazole rings is 1. The van der Waals surface area contributed by atoms with Crippen molar-refractivity contribution in [2.24, 2.45) is 0 Å². The molecule has 1 aliphatic rings. The molecule has 1 saturated heterocycles. The Morgan fingerprint density at radius 1 is 0.974 bits per heavy atom. The molecule has 0 atom stereocenters. The van der Waals surface area contributed by atoms with Gasteiger partial charge in [-0.05, 0) is 51.3 Å². The molecule has 0 bridgehead atoms. The second-order valence-electron chi connectivity index (χ2n) is 9.98. The lowest BCUT2D eigenvalue weighted by atomic mass is 9.97. The van der Waals surface area contributed by atoms with Crippen LogP contribution in [0.2, 0.25) is 5.02 Å². The molecule has 0 unspecified atom stereocenters. The first-order valence-electron chi connectivity index (χ1n) is 12.8. The fraction of sp³-hybridized carbons (Fsp3) is 0.267. The molecule has 3 aromatic heterocycles. The van der Waals surface area contributed by atoms with Crippen LogP contribution in [0.4, 0.5) is 0 Å². The van der Waals surface area contributed by atoms with Crippen LogP contribution in [0.25, 0.3) is 27.3 Å². The molecular formula is C30H28ClN5OS. The summed E-state index contributed by atoms with van der Waals surface area (Å²) >= 11 is 7.93. The minimum absolute atomic E-state index is 0.0184. The van der Waals surface area contributed by atoms with E-state index in [4.69, 9.17) is 16.6 Å². The summed E-state index contributed by atoms with van der Waals surface area (Å²) in [5.41, 5.74) is 7.55. The van der Waals surface area contributed by atoms with Crippen molar-refractivity contribution in [3.8, 4) is 21.7 Å². The molecule has 192 valence electrons. The van der Waals surface area contributed by atoms with Gasteiger partial charge in [0.25, 0.3) is 5.91 Å². The van der Waals surface area contributed by atoms with Gasteiger partial charge in [-0.25, -0.2) is 14.5 Å². The predicted octanol–water partition coefficient (Wildman–Crippen LogP) is 7.12. The van der Waals surface area contributed by atoms with Crippen molar-refractivity contribution in [1.82, 2.24) is 24.5 Å². The molecule has 1 amide bonds. The molecule has 2 aromatic carbocycles. The number of carbonyl (C=O) groups is 1. The van der Waals surface area contributed by atoms with Gasteiger partial charge in [0.1, 0.15) is 0 Å². The Kier molecular flexibility index (Phi) is 6.50. The molecule has 5 aromatic rings. The maximum absolute atomic E-state index is 13.4. The Labute approximate surface area is 230 Å². The zero-order valence-corrected chi connectivity index (χ0v) is 23.2. The quantitative estimate of drug-likeness (QED) is 0.243. The summed E-state index contributed by atoms with van der Waals surface area (Å²) in [6.45, 7) is 7.34. The van der Waals surface area contributed by atoms with E-state index in [-0.39, 0.29) is 5.91 Å². The van der Waals surface area contributed by atoms with Crippen molar-refractivity contribution in [1.29, 1.82) is 0 Å². The van der Waals surface area contributed by atoms with E-state index in [9.17, 15) is 4.79 Å². The Bertz CT molecular complexity index is 1570. The first-order chi connectivity index (χ1) is 18.4. The maximum Gasteiger partial charge on any atom is 0.257 e. The largest absolute Gasteiger partial charge is 0.338 e. The molecular weight excluding hydrogens is 514 g/mol. The Morgan fingerprint density at radius 2 is 1.66 bits per heavy atom. The predicted molar refractivity (Wildman–Crippen MR) is 153 cm³/mol. The number of aryl methyl sites for hydroxylation is 3. The van der Waals surface area contributed by atoms with E-state index in [0.717, 1.165) is 46.1 Å². The highest BCUT2D eigenvalue weighted by Crippen LogP contribution is 2.42. The summed E-state index contributed by atoms with van der Waals surface area (Å²) in [6, 6.07) is 18.4. The van der Waals surface area contributed by atoms with Crippen LogP contribution in [0.5, 0.6) is 0 Å². The SMILES string of the molecule is Cc1ccc(-c2sc(C3CCN(C(=O)c4cnc5cc(C)nn5c4C)CC3)nc2-c2ccc(Cl)cc2)cc1. The van der Waals surface area contributed by atoms with Crippen LogP contribution in [0.3, 0.4) is 0 Å². The number of fused-ring (bicyclic) bond motifs is 1. The lowest BCUT2D eigenvalue weighted by molar-refractivity contribution is 0.0711. The summed E-state index contributed by atoms with van der Waals surface area (Å²) in [5.74, 6) is 0.328. The molecule has 0 aliphatic carbocycles. The van der Waals surface area contributed by atoms with Gasteiger partial charge in [0.05, 0.1) is 32.5 Å². The molecule has 1 aliphatic heterocycles. The van der Waals surface area contributed by atoms with Crippen LogP contribution in [-0.2, 0) is 0 Å². The second-order valence-corrected chi connectivity index (χ2v) is 11.4. The van der Waals surface area contributed by atoms with Crippen LogP contribution in [0.15, 0.2) is 60.8 Å². The van der Waals surface area contributed by atoms with E-state index in [0.29, 0.717) is 29.6 Å². The normalized spacial score (nSPS) is 14.4. The summed E-state index contributed by atoms with van der Waals surface area (Å²) in [7, 11) is 0. The number of carbonyl (C=O) groups excluding carboxylic acids is 1. The van der Waals surface area contributed by atoms with Crippen molar-refractivity contribution in [3.05, 3.63) is 93.3 Å². The van der Waals surface area contributed by atoms with Crippen LogP contribution in [-0.4, -0.2) is 43.5 Å². The number of amides is 1. The van der Waals surface area contributed by atoms with Gasteiger partial charge in [-0.3, -0.25) is 4.79 Å². The molecule has 1 fully saturated rings. The fourth-order valence-electron chi connectivity index (χ4n) is 5.09. The number of hydrogen-bond donors (Lipinski definition) is 0. The minimum Gasteiger partial charge on any atom is -0.338 e. The van der Waals surface area contributed by atoms with Gasteiger partial charge in [0, 0.05) is 41.9 Å². The number of rotatable bonds is 4. The van der Waals surface area contributed by atoms with Gasteiger partial charge in [-0.1, -0.05) is 53.6 Å². The van der Waals surface area contributed by atoms with E-state index in [1.165, 1.54) is 16.0 Å². The topological polar surface area (TPSA) is 63.4 Å². The van der Waals surface area contributed by atoms with E-state index in [1.807, 2.05) is 49.1 Å². The molecule has 0 radical (unpaired) electrons.